The van der Waals surface area contributed by atoms with Crippen molar-refractivity contribution in [2.45, 2.75) is 19.8 Å². The predicted octanol–water partition coefficient (Wildman–Crippen LogP) is 2.02. The molecule has 0 aromatic heterocycles. The van der Waals surface area contributed by atoms with E-state index in [1.807, 2.05) is 32.0 Å². The highest BCUT2D eigenvalue weighted by Gasteiger charge is 2.28. The molecule has 0 N–H and O–H groups in total. The highest BCUT2D eigenvalue weighted by atomic mass is 16.5. The molecule has 1 atom stereocenters. The molecule has 0 fully saturated rings. The maximum Gasteiger partial charge on any atom is 0.318 e. The Kier molecular flexibility index (Phi) is 1.43. The van der Waals surface area contributed by atoms with Gasteiger partial charge in [-0.15, -0.1) is 0 Å². The summed E-state index contributed by atoms with van der Waals surface area (Å²) in [5, 5.41) is 0. The van der Waals surface area contributed by atoms with Crippen molar-refractivity contribution in [3.05, 3.63) is 29.3 Å². The fourth-order valence-electron chi connectivity index (χ4n) is 1.42. The lowest BCUT2D eigenvalue weighted by Crippen LogP contribution is -2.05. The molecular formula is C10H10O2. The summed E-state index contributed by atoms with van der Waals surface area (Å²) >= 11 is 0. The summed E-state index contributed by atoms with van der Waals surface area (Å²) in [5.41, 5.74) is 2.18. The lowest BCUT2D eigenvalue weighted by Gasteiger charge is -1.98. The molecule has 2 nitrogen and oxygen atoms in total. The second-order valence-corrected chi connectivity index (χ2v) is 3.18. The summed E-state index contributed by atoms with van der Waals surface area (Å²) in [4.78, 5) is 11.1. The van der Waals surface area contributed by atoms with Crippen LogP contribution in [-0.4, -0.2) is 5.97 Å². The van der Waals surface area contributed by atoms with Crippen molar-refractivity contribution in [2.75, 3.05) is 0 Å². The number of esters is 1. The van der Waals surface area contributed by atoms with Crippen LogP contribution in [0.25, 0.3) is 0 Å². The molecule has 0 aliphatic carbocycles. The molecule has 1 aromatic carbocycles. The van der Waals surface area contributed by atoms with Crippen LogP contribution in [0.2, 0.25) is 0 Å². The van der Waals surface area contributed by atoms with E-state index < -0.39 is 0 Å². The van der Waals surface area contributed by atoms with Crippen molar-refractivity contribution >= 4 is 5.97 Å². The van der Waals surface area contributed by atoms with Crippen molar-refractivity contribution in [3.8, 4) is 5.75 Å². The summed E-state index contributed by atoms with van der Waals surface area (Å²) in [6.07, 6.45) is 0. The Bertz CT molecular complexity index is 342. The van der Waals surface area contributed by atoms with E-state index in [4.69, 9.17) is 4.74 Å². The van der Waals surface area contributed by atoms with E-state index in [2.05, 4.69) is 0 Å². The SMILES string of the molecule is Cc1ccc2c(c1)C(C)C(=O)O2. The minimum atomic E-state index is -0.143. The summed E-state index contributed by atoms with van der Waals surface area (Å²) < 4.78 is 5.04. The van der Waals surface area contributed by atoms with Crippen LogP contribution < -0.4 is 4.74 Å². The van der Waals surface area contributed by atoms with Gasteiger partial charge in [-0.2, -0.15) is 0 Å². The monoisotopic (exact) mass is 162 g/mol. The molecule has 1 aliphatic heterocycles. The topological polar surface area (TPSA) is 26.3 Å². The Hall–Kier alpha value is -1.31. The first kappa shape index (κ1) is 7.35. The number of ether oxygens (including phenoxy) is 1. The van der Waals surface area contributed by atoms with E-state index in [1.54, 1.807) is 0 Å². The van der Waals surface area contributed by atoms with Gasteiger partial charge < -0.3 is 4.74 Å². The van der Waals surface area contributed by atoms with Crippen molar-refractivity contribution < 1.29 is 9.53 Å². The molecule has 2 rings (SSSR count). The van der Waals surface area contributed by atoms with Crippen LogP contribution in [0.3, 0.4) is 0 Å². The minimum Gasteiger partial charge on any atom is -0.426 e. The number of hydrogen-bond acceptors (Lipinski definition) is 2. The molecule has 12 heavy (non-hydrogen) atoms. The average molecular weight is 162 g/mol. The zero-order chi connectivity index (χ0) is 8.72. The quantitative estimate of drug-likeness (QED) is 0.431. The van der Waals surface area contributed by atoms with Gasteiger partial charge in [-0.1, -0.05) is 17.7 Å². The van der Waals surface area contributed by atoms with Gasteiger partial charge in [0.2, 0.25) is 0 Å². The van der Waals surface area contributed by atoms with Gasteiger partial charge in [-0.3, -0.25) is 4.79 Å². The molecule has 1 unspecified atom stereocenters. The summed E-state index contributed by atoms with van der Waals surface area (Å²) in [7, 11) is 0. The van der Waals surface area contributed by atoms with Gasteiger partial charge in [-0.05, 0) is 19.9 Å². The first-order valence-electron chi connectivity index (χ1n) is 4.01. The maximum absolute atomic E-state index is 11.1. The molecule has 1 aliphatic rings. The van der Waals surface area contributed by atoms with Gasteiger partial charge in [0, 0.05) is 5.56 Å². The van der Waals surface area contributed by atoms with Crippen molar-refractivity contribution in [1.29, 1.82) is 0 Å². The first-order chi connectivity index (χ1) is 5.68. The van der Waals surface area contributed by atoms with Gasteiger partial charge in [0.1, 0.15) is 5.75 Å². The molecule has 0 radical (unpaired) electrons. The highest BCUT2D eigenvalue weighted by molar-refractivity contribution is 5.85. The van der Waals surface area contributed by atoms with Crippen LogP contribution >= 0.6 is 0 Å². The summed E-state index contributed by atoms with van der Waals surface area (Å²) in [6.45, 7) is 3.88. The number of carbonyl (C=O) groups is 1. The van der Waals surface area contributed by atoms with E-state index >= 15 is 0 Å². The van der Waals surface area contributed by atoms with Crippen LogP contribution in [-0.2, 0) is 4.79 Å². The number of benzene rings is 1. The molecule has 0 bridgehead atoms. The van der Waals surface area contributed by atoms with E-state index in [0.717, 1.165) is 11.3 Å². The third kappa shape index (κ3) is 0.916. The van der Waals surface area contributed by atoms with E-state index in [0.29, 0.717) is 0 Å². The summed E-state index contributed by atoms with van der Waals surface area (Å²) in [5.74, 6) is 0.480. The molecule has 0 saturated carbocycles. The zero-order valence-electron chi connectivity index (χ0n) is 7.13. The number of rotatable bonds is 0. The van der Waals surface area contributed by atoms with Crippen molar-refractivity contribution in [1.82, 2.24) is 0 Å². The Morgan fingerprint density at radius 2 is 2.17 bits per heavy atom. The molecule has 0 spiro atoms. The van der Waals surface area contributed by atoms with Crippen molar-refractivity contribution in [3.63, 3.8) is 0 Å². The third-order valence-electron chi connectivity index (χ3n) is 2.20. The van der Waals surface area contributed by atoms with Crippen LogP contribution in [0.5, 0.6) is 5.75 Å². The second-order valence-electron chi connectivity index (χ2n) is 3.18. The fraction of sp³-hybridized carbons (Fsp3) is 0.300. The molecule has 0 saturated heterocycles. The molecule has 2 heteroatoms. The second kappa shape index (κ2) is 2.34. The lowest BCUT2D eigenvalue weighted by molar-refractivity contribution is -0.133. The normalized spacial score (nSPS) is 20.5. The Labute approximate surface area is 71.2 Å². The number of fused-ring (bicyclic) bond motifs is 1. The van der Waals surface area contributed by atoms with Gasteiger partial charge in [0.25, 0.3) is 0 Å². The number of carbonyl (C=O) groups excluding carboxylic acids is 1. The molecule has 1 heterocycles. The van der Waals surface area contributed by atoms with E-state index in [1.165, 1.54) is 5.56 Å². The third-order valence-corrected chi connectivity index (χ3v) is 2.20. The standard InChI is InChI=1S/C10H10O2/c1-6-3-4-9-8(5-6)7(2)10(11)12-9/h3-5,7H,1-2H3. The van der Waals surface area contributed by atoms with Gasteiger partial charge in [0.05, 0.1) is 5.92 Å². The minimum absolute atomic E-state index is 0.0973. The highest BCUT2D eigenvalue weighted by Crippen LogP contribution is 2.34. The number of aryl methyl sites for hydroxylation is 1. The van der Waals surface area contributed by atoms with Gasteiger partial charge >= 0.3 is 5.97 Å². The molecule has 0 amide bonds. The number of hydrogen-bond donors (Lipinski definition) is 0. The zero-order valence-corrected chi connectivity index (χ0v) is 7.13. The molecule has 1 aromatic rings. The van der Waals surface area contributed by atoms with E-state index in [9.17, 15) is 4.79 Å². The lowest BCUT2D eigenvalue weighted by atomic mass is 10.0. The van der Waals surface area contributed by atoms with Crippen LogP contribution in [0.15, 0.2) is 18.2 Å². The Balaban J connectivity index is 2.55. The maximum atomic E-state index is 11.1. The van der Waals surface area contributed by atoms with Crippen LogP contribution in [0.4, 0.5) is 0 Å². The van der Waals surface area contributed by atoms with E-state index in [-0.39, 0.29) is 11.9 Å². The fourth-order valence-corrected chi connectivity index (χ4v) is 1.42. The molecular weight excluding hydrogens is 152 g/mol. The summed E-state index contributed by atoms with van der Waals surface area (Å²) in [6, 6.07) is 5.81. The van der Waals surface area contributed by atoms with Crippen molar-refractivity contribution in [2.24, 2.45) is 0 Å². The largest absolute Gasteiger partial charge is 0.426 e. The van der Waals surface area contributed by atoms with Crippen LogP contribution in [0.1, 0.15) is 24.0 Å². The average Bonchev–Trinajstić information content (AvgIpc) is 2.31. The molecule has 62 valence electrons. The van der Waals surface area contributed by atoms with Gasteiger partial charge in [-0.25, -0.2) is 0 Å². The predicted molar refractivity (Wildman–Crippen MR) is 45.2 cm³/mol. The van der Waals surface area contributed by atoms with Crippen LogP contribution in [0, 0.1) is 6.92 Å². The smallest absolute Gasteiger partial charge is 0.318 e. The first-order valence-corrected chi connectivity index (χ1v) is 4.01. The van der Waals surface area contributed by atoms with Gasteiger partial charge in [0.15, 0.2) is 0 Å². The Morgan fingerprint density at radius 1 is 1.42 bits per heavy atom. The Morgan fingerprint density at radius 3 is 2.92 bits per heavy atom.